The number of carbonyl (C=O) groups is 1. The summed E-state index contributed by atoms with van der Waals surface area (Å²) in [5.74, 6) is -0.0417. The van der Waals surface area contributed by atoms with E-state index >= 15 is 0 Å². The average molecular weight is 529 g/mol. The Hall–Kier alpha value is -1.58. The molecule has 1 aromatic heterocycles. The average Bonchev–Trinajstić information content (AvgIpc) is 3.31. The summed E-state index contributed by atoms with van der Waals surface area (Å²) in [6.45, 7) is 2.77. The highest BCUT2D eigenvalue weighted by Gasteiger charge is 2.42. The number of ether oxygens (including phenoxy) is 1. The third kappa shape index (κ3) is 3.44. The summed E-state index contributed by atoms with van der Waals surface area (Å²) in [5, 5.41) is 2.68. The fraction of sp³-hybridized carbons (Fsp3) is 0.316. The second kappa shape index (κ2) is 8.04. The summed E-state index contributed by atoms with van der Waals surface area (Å²) >= 11 is 8.64. The first kappa shape index (κ1) is 19.7. The lowest BCUT2D eigenvalue weighted by molar-refractivity contribution is -0.139. The van der Waals surface area contributed by atoms with E-state index < -0.39 is 12.0 Å². The van der Waals surface area contributed by atoms with E-state index in [0.29, 0.717) is 15.6 Å². The molecule has 0 bridgehead atoms. The summed E-state index contributed by atoms with van der Waals surface area (Å²) < 4.78 is 19.6. The van der Waals surface area contributed by atoms with E-state index in [1.54, 1.807) is 19.2 Å². The molecule has 1 aromatic carbocycles. The minimum Gasteiger partial charge on any atom is -0.463 e. The maximum absolute atomic E-state index is 13.7. The van der Waals surface area contributed by atoms with Crippen LogP contribution in [0.5, 0.6) is 0 Å². The Balaban J connectivity index is 1.93. The number of hydrogen-bond acceptors (Lipinski definition) is 6. The van der Waals surface area contributed by atoms with Crippen molar-refractivity contribution in [2.24, 2.45) is 4.99 Å². The zero-order valence-corrected chi connectivity index (χ0v) is 18.9. The van der Waals surface area contributed by atoms with Crippen molar-refractivity contribution in [3.05, 3.63) is 61.9 Å². The van der Waals surface area contributed by atoms with Crippen LogP contribution in [0.25, 0.3) is 0 Å². The molecule has 5 nitrogen and oxygen atoms in total. The second-order valence-corrected chi connectivity index (χ2v) is 9.14. The number of rotatable bonds is 4. The normalized spacial score (nSPS) is 21.6. The number of allylic oxidation sites excluding steroid dienone is 1. The molecule has 1 saturated heterocycles. The lowest BCUT2D eigenvalue weighted by Gasteiger charge is -2.32. The van der Waals surface area contributed by atoms with Gasteiger partial charge in [-0.2, -0.15) is 0 Å². The van der Waals surface area contributed by atoms with Crippen LogP contribution in [0.2, 0.25) is 0 Å². The van der Waals surface area contributed by atoms with E-state index in [1.165, 1.54) is 23.5 Å². The number of carbonyl (C=O) groups excluding carboxylic acids is 1. The number of benzene rings is 1. The monoisotopic (exact) mass is 527 g/mol. The van der Waals surface area contributed by atoms with Gasteiger partial charge < -0.3 is 9.64 Å². The van der Waals surface area contributed by atoms with Gasteiger partial charge in [-0.15, -0.1) is 11.3 Å². The van der Waals surface area contributed by atoms with E-state index in [2.05, 4.69) is 36.8 Å². The molecule has 1 fully saturated rings. The number of hydrogen-bond donors (Lipinski definition) is 0. The number of esters is 1. The van der Waals surface area contributed by atoms with Crippen LogP contribution < -0.4 is 0 Å². The first-order valence-electron chi connectivity index (χ1n) is 8.76. The molecule has 146 valence electrons. The first-order chi connectivity index (χ1) is 13.5. The second-order valence-electron chi connectivity index (χ2n) is 6.29. The molecular weight excluding hydrogens is 513 g/mol. The number of halogens is 3. The van der Waals surface area contributed by atoms with Gasteiger partial charge in [-0.05, 0) is 31.0 Å². The number of nitrogens with zero attached hydrogens (tertiary/aromatic N) is 3. The number of alkyl halides is 1. The molecule has 0 amide bonds. The van der Waals surface area contributed by atoms with Crippen LogP contribution in [0.3, 0.4) is 0 Å². The van der Waals surface area contributed by atoms with Gasteiger partial charge in [0.25, 0.3) is 0 Å². The van der Waals surface area contributed by atoms with E-state index in [1.807, 2.05) is 10.3 Å². The summed E-state index contributed by atoms with van der Waals surface area (Å²) in [6, 6.07) is 3.80. The molecule has 28 heavy (non-hydrogen) atoms. The Labute approximate surface area is 182 Å². The van der Waals surface area contributed by atoms with Crippen LogP contribution in [-0.2, 0) is 9.53 Å². The zero-order chi connectivity index (χ0) is 19.8. The van der Waals surface area contributed by atoms with Crippen molar-refractivity contribution >= 4 is 55.0 Å². The maximum Gasteiger partial charge on any atom is 0.338 e. The van der Waals surface area contributed by atoms with Gasteiger partial charge in [0.15, 0.2) is 10.8 Å². The van der Waals surface area contributed by atoms with Crippen LogP contribution in [0, 0.1) is 5.82 Å². The molecule has 2 aliphatic heterocycles. The number of thiazole rings is 1. The minimum atomic E-state index is -0.614. The van der Waals surface area contributed by atoms with E-state index in [4.69, 9.17) is 9.73 Å². The van der Waals surface area contributed by atoms with Crippen LogP contribution >= 0.6 is 43.2 Å². The van der Waals surface area contributed by atoms with Gasteiger partial charge in [-0.3, -0.25) is 4.99 Å². The van der Waals surface area contributed by atoms with E-state index in [-0.39, 0.29) is 17.3 Å². The third-order valence-corrected chi connectivity index (χ3v) is 6.97. The largest absolute Gasteiger partial charge is 0.463 e. The zero-order valence-electron chi connectivity index (χ0n) is 14.9. The van der Waals surface area contributed by atoms with Crippen molar-refractivity contribution in [1.29, 1.82) is 0 Å². The highest BCUT2D eigenvalue weighted by molar-refractivity contribution is 9.10. The standard InChI is InChI=1S/C19H16Br2FN3O2S/c1-2-27-19(26)14-15(11-4-3-10(22)9-13(11)21)24-17(18-23-6-8-28-18)25-7-5-12(20)16(14)25/h3-4,6,8-9,12,15H,2,5,7H2,1H3/t12-,15-/m0/s1. The molecule has 0 saturated carbocycles. The number of aliphatic imine (C=N–C) groups is 1. The van der Waals surface area contributed by atoms with Gasteiger partial charge in [-0.25, -0.2) is 14.2 Å². The van der Waals surface area contributed by atoms with Crippen molar-refractivity contribution in [3.8, 4) is 0 Å². The molecule has 0 spiro atoms. The maximum atomic E-state index is 13.7. The molecule has 2 aromatic rings. The van der Waals surface area contributed by atoms with Crippen molar-refractivity contribution in [2.75, 3.05) is 13.2 Å². The highest BCUT2D eigenvalue weighted by Crippen LogP contribution is 2.44. The molecule has 0 N–H and O–H groups in total. The molecule has 0 radical (unpaired) electrons. The van der Waals surface area contributed by atoms with Crippen LogP contribution in [-0.4, -0.2) is 39.7 Å². The summed E-state index contributed by atoms with van der Waals surface area (Å²) in [7, 11) is 0. The summed E-state index contributed by atoms with van der Waals surface area (Å²) in [4.78, 5) is 24.3. The van der Waals surface area contributed by atoms with E-state index in [9.17, 15) is 9.18 Å². The third-order valence-electron chi connectivity index (χ3n) is 4.63. The lowest BCUT2D eigenvalue weighted by atomic mass is 9.94. The van der Waals surface area contributed by atoms with Gasteiger partial charge in [0.05, 0.1) is 17.0 Å². The van der Waals surface area contributed by atoms with Crippen molar-refractivity contribution in [1.82, 2.24) is 9.88 Å². The lowest BCUT2D eigenvalue weighted by Crippen LogP contribution is -2.36. The molecule has 0 aliphatic carbocycles. The fourth-order valence-electron chi connectivity index (χ4n) is 3.48. The quantitative estimate of drug-likeness (QED) is 0.421. The SMILES string of the molecule is CCOC(=O)C1=C2[C@@H](Br)CCN2C(c2nccs2)=N[C@H]1c1ccc(F)cc1Br. The van der Waals surface area contributed by atoms with Crippen molar-refractivity contribution < 1.29 is 13.9 Å². The topological polar surface area (TPSA) is 54.8 Å². The number of aromatic nitrogens is 1. The van der Waals surface area contributed by atoms with Gasteiger partial charge in [0.2, 0.25) is 0 Å². The van der Waals surface area contributed by atoms with Gasteiger partial charge in [-0.1, -0.05) is 37.9 Å². The van der Waals surface area contributed by atoms with Gasteiger partial charge in [0.1, 0.15) is 11.9 Å². The van der Waals surface area contributed by atoms with Crippen LogP contribution in [0.15, 0.2) is 50.5 Å². The first-order valence-corrected chi connectivity index (χ1v) is 11.4. The van der Waals surface area contributed by atoms with E-state index in [0.717, 1.165) is 29.5 Å². The highest BCUT2D eigenvalue weighted by atomic mass is 79.9. The van der Waals surface area contributed by atoms with Gasteiger partial charge >= 0.3 is 5.97 Å². The van der Waals surface area contributed by atoms with Crippen molar-refractivity contribution in [3.63, 3.8) is 0 Å². The summed E-state index contributed by atoms with van der Waals surface area (Å²) in [6.07, 6.45) is 2.57. The Morgan fingerprint density at radius 2 is 2.29 bits per heavy atom. The molecule has 2 atom stereocenters. The Morgan fingerprint density at radius 1 is 1.46 bits per heavy atom. The number of fused-ring (bicyclic) bond motifs is 1. The molecule has 3 heterocycles. The summed E-state index contributed by atoms with van der Waals surface area (Å²) in [5.41, 5.74) is 2.03. The molecule has 9 heteroatoms. The predicted octanol–water partition coefficient (Wildman–Crippen LogP) is 4.83. The Morgan fingerprint density at radius 3 is 2.96 bits per heavy atom. The van der Waals surface area contributed by atoms with Crippen LogP contribution in [0.4, 0.5) is 4.39 Å². The smallest absolute Gasteiger partial charge is 0.338 e. The Kier molecular flexibility index (Phi) is 5.66. The minimum absolute atomic E-state index is 0.000841. The van der Waals surface area contributed by atoms with Gasteiger partial charge in [0, 0.05) is 28.3 Å². The predicted molar refractivity (Wildman–Crippen MR) is 113 cm³/mol. The molecule has 4 rings (SSSR count). The Bertz CT molecular complexity index is 978. The number of amidine groups is 1. The molecule has 0 unspecified atom stereocenters. The van der Waals surface area contributed by atoms with Crippen LogP contribution in [0.1, 0.15) is 30.0 Å². The molecular formula is C19H16Br2FN3O2S. The molecule has 2 aliphatic rings. The fourth-order valence-corrected chi connectivity index (χ4v) is 5.38. The van der Waals surface area contributed by atoms with Crippen molar-refractivity contribution in [2.45, 2.75) is 24.2 Å².